The van der Waals surface area contributed by atoms with Crippen LogP contribution in [0.15, 0.2) is 36.4 Å². The Kier molecular flexibility index (Phi) is 6.12. The van der Waals surface area contributed by atoms with E-state index in [2.05, 4.69) is 19.8 Å². The highest BCUT2D eigenvalue weighted by Crippen LogP contribution is 2.52. The lowest BCUT2D eigenvalue weighted by atomic mass is 9.86. The standard InChI is InChI=1S/C26H27F3N2O6/c1-24(2,7-8-35-13-22(32)33)21-10-14-9-18(16(27)12-17(14)30-21)31-23(34)25(5-6-25)15-3-4-19-20(11-15)37-26(28,29)36-19/h3-4,9-12,22,30,32-33H,5-8,13H2,1-2H3,(H,31,34). The molecule has 5 rings (SSSR count). The Bertz CT molecular complexity index is 1350. The molecule has 1 amide bonds. The number of aliphatic hydroxyl groups is 2. The van der Waals surface area contributed by atoms with Crippen LogP contribution < -0.4 is 14.8 Å². The molecule has 1 saturated carbocycles. The number of aliphatic hydroxyl groups excluding tert-OH is 1. The van der Waals surface area contributed by atoms with Gasteiger partial charge >= 0.3 is 6.29 Å². The lowest BCUT2D eigenvalue weighted by Gasteiger charge is -2.23. The van der Waals surface area contributed by atoms with Crippen molar-refractivity contribution in [3.63, 3.8) is 0 Å². The summed E-state index contributed by atoms with van der Waals surface area (Å²) in [6.45, 7) is 4.08. The molecule has 3 aromatic rings. The Balaban J connectivity index is 1.32. The number of rotatable bonds is 9. The van der Waals surface area contributed by atoms with E-state index >= 15 is 0 Å². The molecule has 1 aliphatic heterocycles. The van der Waals surface area contributed by atoms with Crippen molar-refractivity contribution in [3.8, 4) is 11.5 Å². The third-order valence-corrected chi connectivity index (χ3v) is 6.96. The van der Waals surface area contributed by atoms with Crippen LogP contribution in [0.3, 0.4) is 0 Å². The van der Waals surface area contributed by atoms with Crippen LogP contribution in [0, 0.1) is 5.82 Å². The van der Waals surface area contributed by atoms with Gasteiger partial charge in [0.15, 0.2) is 17.8 Å². The highest BCUT2D eigenvalue weighted by molar-refractivity contribution is 6.02. The number of anilines is 1. The highest BCUT2D eigenvalue weighted by Gasteiger charge is 2.53. The third kappa shape index (κ3) is 4.98. The molecular weight excluding hydrogens is 493 g/mol. The number of alkyl halides is 2. The van der Waals surface area contributed by atoms with Crippen LogP contribution in [0.5, 0.6) is 11.5 Å². The Hall–Kier alpha value is -3.28. The number of hydrogen-bond acceptors (Lipinski definition) is 6. The zero-order valence-electron chi connectivity index (χ0n) is 20.2. The molecule has 4 N–H and O–H groups in total. The van der Waals surface area contributed by atoms with Crippen LogP contribution in [0.25, 0.3) is 10.9 Å². The fourth-order valence-corrected chi connectivity index (χ4v) is 4.53. The number of benzene rings is 2. The molecule has 0 bridgehead atoms. The highest BCUT2D eigenvalue weighted by atomic mass is 19.3. The number of ether oxygens (including phenoxy) is 3. The van der Waals surface area contributed by atoms with Crippen molar-refractivity contribution < 1.29 is 42.4 Å². The third-order valence-electron chi connectivity index (χ3n) is 6.96. The van der Waals surface area contributed by atoms with Crippen molar-refractivity contribution in [2.24, 2.45) is 0 Å². The number of fused-ring (bicyclic) bond motifs is 2. The summed E-state index contributed by atoms with van der Waals surface area (Å²) in [5, 5.41) is 21.2. The molecule has 2 heterocycles. The lowest BCUT2D eigenvalue weighted by molar-refractivity contribution is -0.286. The number of H-pyrrole nitrogens is 1. The minimum atomic E-state index is -3.75. The van der Waals surface area contributed by atoms with Crippen molar-refractivity contribution in [2.45, 2.75) is 56.5 Å². The Morgan fingerprint density at radius 2 is 1.89 bits per heavy atom. The predicted molar refractivity (Wildman–Crippen MR) is 127 cm³/mol. The largest absolute Gasteiger partial charge is 0.586 e. The van der Waals surface area contributed by atoms with E-state index in [1.165, 1.54) is 18.2 Å². The van der Waals surface area contributed by atoms with E-state index in [-0.39, 0.29) is 29.2 Å². The molecule has 0 unspecified atom stereocenters. The molecule has 0 saturated heterocycles. The number of hydrogen-bond donors (Lipinski definition) is 4. The molecule has 0 atom stereocenters. The summed E-state index contributed by atoms with van der Waals surface area (Å²) in [5.41, 5.74) is 0.545. The first-order valence-corrected chi connectivity index (χ1v) is 11.9. The van der Waals surface area contributed by atoms with Crippen molar-refractivity contribution >= 4 is 22.5 Å². The van der Waals surface area contributed by atoms with Crippen LogP contribution in [-0.2, 0) is 20.4 Å². The summed E-state index contributed by atoms with van der Waals surface area (Å²) >= 11 is 0. The van der Waals surface area contributed by atoms with E-state index in [1.807, 2.05) is 19.9 Å². The van der Waals surface area contributed by atoms with Crippen molar-refractivity contribution in [1.29, 1.82) is 0 Å². The van der Waals surface area contributed by atoms with Gasteiger partial charge in [-0.1, -0.05) is 19.9 Å². The van der Waals surface area contributed by atoms with Crippen LogP contribution in [0.4, 0.5) is 18.9 Å². The van der Waals surface area contributed by atoms with Gasteiger partial charge in [0, 0.05) is 34.7 Å². The second-order valence-corrected chi connectivity index (χ2v) is 10.2. The number of amides is 1. The van der Waals surface area contributed by atoms with E-state index in [9.17, 15) is 18.0 Å². The molecule has 1 aliphatic carbocycles. The summed E-state index contributed by atoms with van der Waals surface area (Å²) in [4.78, 5) is 16.4. The van der Waals surface area contributed by atoms with Gasteiger partial charge in [0.05, 0.1) is 17.7 Å². The lowest BCUT2D eigenvalue weighted by Crippen LogP contribution is -2.28. The summed E-state index contributed by atoms with van der Waals surface area (Å²) in [5.74, 6) is -1.30. The zero-order valence-corrected chi connectivity index (χ0v) is 20.2. The van der Waals surface area contributed by atoms with Gasteiger partial charge in [-0.25, -0.2) is 4.39 Å². The van der Waals surface area contributed by atoms with Gasteiger partial charge in [-0.2, -0.15) is 0 Å². The first-order chi connectivity index (χ1) is 17.4. The first kappa shape index (κ1) is 25.4. The molecule has 11 heteroatoms. The molecule has 37 heavy (non-hydrogen) atoms. The van der Waals surface area contributed by atoms with Gasteiger partial charge in [0.1, 0.15) is 5.82 Å². The summed E-state index contributed by atoms with van der Waals surface area (Å²) in [6, 6.07) is 8.98. The van der Waals surface area contributed by atoms with E-state index in [0.717, 1.165) is 5.69 Å². The maximum atomic E-state index is 15.0. The topological polar surface area (TPSA) is 113 Å². The van der Waals surface area contributed by atoms with Crippen molar-refractivity contribution in [2.75, 3.05) is 18.5 Å². The number of nitrogens with one attached hydrogen (secondary N) is 2. The Morgan fingerprint density at radius 3 is 2.59 bits per heavy atom. The average molecular weight is 521 g/mol. The summed E-state index contributed by atoms with van der Waals surface area (Å²) in [6.07, 6.45) is -3.75. The number of aromatic nitrogens is 1. The van der Waals surface area contributed by atoms with Gasteiger partial charge in [-0.3, -0.25) is 4.79 Å². The zero-order chi connectivity index (χ0) is 26.6. The molecule has 198 valence electrons. The molecular formula is C26H27F3N2O6. The summed E-state index contributed by atoms with van der Waals surface area (Å²) < 4.78 is 55.9. The SMILES string of the molecule is CC(C)(CCOCC(O)O)c1cc2cc(NC(=O)C3(c4ccc5c(c4)OC(F)(F)O5)CC3)c(F)cc2[nH]1. The molecule has 1 fully saturated rings. The van der Waals surface area contributed by atoms with Crippen LogP contribution >= 0.6 is 0 Å². The van der Waals surface area contributed by atoms with E-state index in [4.69, 9.17) is 14.9 Å². The van der Waals surface area contributed by atoms with E-state index in [0.29, 0.717) is 42.3 Å². The smallest absolute Gasteiger partial charge is 0.395 e. The fraction of sp³-hybridized carbons (Fsp3) is 0.423. The number of halogens is 3. The van der Waals surface area contributed by atoms with Crippen molar-refractivity contribution in [3.05, 3.63) is 53.5 Å². The molecule has 0 spiro atoms. The second-order valence-electron chi connectivity index (χ2n) is 10.2. The quantitative estimate of drug-likeness (QED) is 0.247. The number of aromatic amines is 1. The van der Waals surface area contributed by atoms with Gasteiger partial charge in [0.25, 0.3) is 0 Å². The maximum absolute atomic E-state index is 15.0. The van der Waals surface area contributed by atoms with Gasteiger partial charge in [0.2, 0.25) is 5.91 Å². The molecule has 0 radical (unpaired) electrons. The number of carbonyl (C=O) groups excluding carboxylic acids is 1. The van der Waals surface area contributed by atoms with Gasteiger partial charge in [-0.15, -0.1) is 8.78 Å². The van der Waals surface area contributed by atoms with Gasteiger partial charge < -0.3 is 34.7 Å². The Morgan fingerprint density at radius 1 is 1.16 bits per heavy atom. The first-order valence-electron chi connectivity index (χ1n) is 11.9. The molecule has 8 nitrogen and oxygen atoms in total. The second kappa shape index (κ2) is 8.93. The molecule has 2 aliphatic rings. The average Bonchev–Trinajstić information content (AvgIpc) is 3.42. The normalized spacial score (nSPS) is 17.4. The van der Waals surface area contributed by atoms with Crippen LogP contribution in [0.1, 0.15) is 44.4 Å². The molecule has 1 aromatic heterocycles. The van der Waals surface area contributed by atoms with E-state index in [1.54, 1.807) is 12.1 Å². The van der Waals surface area contributed by atoms with Crippen LogP contribution in [-0.4, -0.2) is 46.9 Å². The molecule has 2 aromatic carbocycles. The van der Waals surface area contributed by atoms with Crippen LogP contribution in [0.2, 0.25) is 0 Å². The van der Waals surface area contributed by atoms with Crippen molar-refractivity contribution in [1.82, 2.24) is 4.98 Å². The fourth-order valence-electron chi connectivity index (χ4n) is 4.53. The maximum Gasteiger partial charge on any atom is 0.586 e. The number of carbonyl (C=O) groups is 1. The summed E-state index contributed by atoms with van der Waals surface area (Å²) in [7, 11) is 0. The Labute approximate surface area is 210 Å². The monoisotopic (exact) mass is 520 g/mol. The predicted octanol–water partition coefficient (Wildman–Crippen LogP) is 4.29. The minimum absolute atomic E-state index is 0.0136. The minimum Gasteiger partial charge on any atom is -0.395 e. The van der Waals surface area contributed by atoms with Gasteiger partial charge in [-0.05, 0) is 49.1 Å². The van der Waals surface area contributed by atoms with E-state index < -0.39 is 29.7 Å².